The normalized spacial score (nSPS) is 11.3. The first-order valence-corrected chi connectivity index (χ1v) is 11.5. The predicted octanol–water partition coefficient (Wildman–Crippen LogP) is 5.03. The highest BCUT2D eigenvalue weighted by Crippen LogP contribution is 2.33. The molecule has 0 aliphatic carbocycles. The molecule has 182 valence electrons. The Labute approximate surface area is 214 Å². The van der Waals surface area contributed by atoms with Crippen molar-refractivity contribution in [1.82, 2.24) is 20.3 Å². The van der Waals surface area contributed by atoms with Crippen LogP contribution < -0.4 is 15.4 Å². The summed E-state index contributed by atoms with van der Waals surface area (Å²) < 4.78 is 10.8. The molecule has 8 nitrogen and oxygen atoms in total. The number of nitrogens with zero attached hydrogens (tertiary/aromatic N) is 3. The minimum Gasteiger partial charge on any atom is -0.454 e. The fraction of sp³-hybridized carbons (Fsp3) is 0.185. The third kappa shape index (κ3) is 6.27. The molecule has 0 spiro atoms. The number of benzene rings is 2. The van der Waals surface area contributed by atoms with E-state index in [1.807, 2.05) is 43.3 Å². The summed E-state index contributed by atoms with van der Waals surface area (Å²) in [6.45, 7) is 3.80. The summed E-state index contributed by atoms with van der Waals surface area (Å²) >= 11 is 6.47. The van der Waals surface area contributed by atoms with Crippen molar-refractivity contribution in [2.24, 2.45) is 0 Å². The van der Waals surface area contributed by atoms with Gasteiger partial charge in [0, 0.05) is 29.4 Å². The van der Waals surface area contributed by atoms with E-state index >= 15 is 0 Å². The summed E-state index contributed by atoms with van der Waals surface area (Å²) in [5.74, 6) is 7.52. The quantitative estimate of drug-likeness (QED) is 0.343. The van der Waals surface area contributed by atoms with Gasteiger partial charge in [-0.3, -0.25) is 9.78 Å². The van der Waals surface area contributed by atoms with Gasteiger partial charge in [0.2, 0.25) is 5.91 Å². The van der Waals surface area contributed by atoms with E-state index in [4.69, 9.17) is 21.1 Å². The number of fused-ring (bicyclic) bond motifs is 1. The average Bonchev–Trinajstić information content (AvgIpc) is 2.89. The molecule has 0 aliphatic rings. The highest BCUT2D eigenvalue weighted by atomic mass is 35.5. The van der Waals surface area contributed by atoms with E-state index in [-0.39, 0.29) is 12.5 Å². The summed E-state index contributed by atoms with van der Waals surface area (Å²) in [4.78, 5) is 24.7. The van der Waals surface area contributed by atoms with Crippen LogP contribution in [0.25, 0.3) is 10.9 Å². The van der Waals surface area contributed by atoms with Gasteiger partial charge in [-0.15, -0.1) is 0 Å². The Balaban J connectivity index is 1.50. The summed E-state index contributed by atoms with van der Waals surface area (Å²) in [7, 11) is 1.48. The van der Waals surface area contributed by atoms with E-state index in [1.54, 1.807) is 25.3 Å². The molecule has 1 amide bonds. The molecule has 0 fully saturated rings. The highest BCUT2D eigenvalue weighted by Gasteiger charge is 2.10. The second kappa shape index (κ2) is 11.5. The molecule has 0 radical (unpaired) electrons. The first-order valence-electron chi connectivity index (χ1n) is 11.1. The predicted molar refractivity (Wildman–Crippen MR) is 140 cm³/mol. The molecule has 0 saturated carbocycles. The van der Waals surface area contributed by atoms with Crippen molar-refractivity contribution < 1.29 is 14.3 Å². The topological polar surface area (TPSA) is 98.3 Å². The number of methoxy groups -OCH3 is 1. The van der Waals surface area contributed by atoms with Gasteiger partial charge in [-0.25, -0.2) is 9.97 Å². The van der Waals surface area contributed by atoms with Crippen LogP contribution in [0.3, 0.4) is 0 Å². The fourth-order valence-electron chi connectivity index (χ4n) is 3.20. The van der Waals surface area contributed by atoms with Crippen molar-refractivity contribution in [1.29, 1.82) is 0 Å². The lowest BCUT2D eigenvalue weighted by Crippen LogP contribution is -2.33. The monoisotopic (exact) mass is 501 g/mol. The number of aromatic nitrogens is 3. The molecule has 36 heavy (non-hydrogen) atoms. The number of carbonyl (C=O) groups excluding carboxylic acids is 1. The smallest absolute Gasteiger partial charge is 0.249 e. The van der Waals surface area contributed by atoms with Crippen LogP contribution in [0.1, 0.15) is 18.2 Å². The number of hydrogen-bond acceptors (Lipinski definition) is 7. The van der Waals surface area contributed by atoms with Gasteiger partial charge < -0.3 is 20.1 Å². The average molecular weight is 502 g/mol. The van der Waals surface area contributed by atoms with Crippen LogP contribution in [0.4, 0.5) is 11.5 Å². The lowest BCUT2D eigenvalue weighted by Gasteiger charge is -2.12. The lowest BCUT2D eigenvalue weighted by molar-refractivity contribution is -0.129. The number of hydrogen-bond donors (Lipinski definition) is 2. The molecular weight excluding hydrogens is 478 g/mol. The van der Waals surface area contributed by atoms with Gasteiger partial charge in [0.25, 0.3) is 0 Å². The van der Waals surface area contributed by atoms with E-state index in [1.165, 1.54) is 13.4 Å². The molecule has 0 aliphatic heterocycles. The van der Waals surface area contributed by atoms with Gasteiger partial charge >= 0.3 is 0 Å². The molecule has 2 heterocycles. The molecule has 2 N–H and O–H groups in total. The van der Waals surface area contributed by atoms with Gasteiger partial charge in [0.05, 0.1) is 23.3 Å². The van der Waals surface area contributed by atoms with Gasteiger partial charge in [0.15, 0.2) is 0 Å². The van der Waals surface area contributed by atoms with Gasteiger partial charge in [-0.05, 0) is 62.4 Å². The lowest BCUT2D eigenvalue weighted by atomic mass is 10.1. The maximum absolute atomic E-state index is 11.8. The minimum atomic E-state index is -0.521. The first kappa shape index (κ1) is 24.9. The van der Waals surface area contributed by atoms with Crippen LogP contribution in [0, 0.1) is 18.8 Å². The molecule has 9 heteroatoms. The van der Waals surface area contributed by atoms with E-state index in [0.29, 0.717) is 22.3 Å². The minimum absolute atomic E-state index is 0.212. The highest BCUT2D eigenvalue weighted by molar-refractivity contribution is 6.32. The van der Waals surface area contributed by atoms with E-state index in [9.17, 15) is 4.79 Å². The maximum Gasteiger partial charge on any atom is 0.249 e. The second-order valence-corrected chi connectivity index (χ2v) is 8.27. The van der Waals surface area contributed by atoms with E-state index < -0.39 is 6.10 Å². The SMILES string of the molecule is COC(C)C(=O)NCC#Cc1ccc2ncnc(Nc3ccc(Oc4ccc(C)nc4)c(Cl)c3)c2c1. The van der Waals surface area contributed by atoms with Crippen LogP contribution in [0.15, 0.2) is 61.1 Å². The Morgan fingerprint density at radius 2 is 1.97 bits per heavy atom. The largest absolute Gasteiger partial charge is 0.454 e. The maximum atomic E-state index is 11.8. The van der Waals surface area contributed by atoms with Crippen molar-refractivity contribution in [2.75, 3.05) is 19.0 Å². The summed E-state index contributed by atoms with van der Waals surface area (Å²) in [5.41, 5.74) is 3.17. The van der Waals surface area contributed by atoms with Crippen molar-refractivity contribution in [3.8, 4) is 23.3 Å². The zero-order valence-corrected chi connectivity index (χ0v) is 20.8. The van der Waals surface area contributed by atoms with E-state index in [0.717, 1.165) is 27.8 Å². The number of anilines is 2. The van der Waals surface area contributed by atoms with Crippen LogP contribution in [-0.4, -0.2) is 40.6 Å². The number of amides is 1. The van der Waals surface area contributed by atoms with Crippen LogP contribution in [-0.2, 0) is 9.53 Å². The standard InChI is InChI=1S/C27H24ClN5O3/c1-17-6-9-21(15-30-17)36-25-11-8-20(14-23(25)28)33-26-22-13-19(7-10-24(22)31-16-32-26)5-4-12-29-27(34)18(2)35-3/h6-11,13-16,18H,12H2,1-3H3,(H,29,34)(H,31,32,33). The number of aryl methyl sites for hydroxylation is 1. The molecule has 0 saturated heterocycles. The molecule has 4 aromatic rings. The first-order chi connectivity index (χ1) is 17.4. The van der Waals surface area contributed by atoms with Gasteiger partial charge in [0.1, 0.15) is 29.7 Å². The zero-order chi connectivity index (χ0) is 25.5. The zero-order valence-electron chi connectivity index (χ0n) is 20.0. The number of nitrogens with one attached hydrogen (secondary N) is 2. The Bertz CT molecular complexity index is 1450. The Hall–Kier alpha value is -4.19. The molecule has 1 atom stereocenters. The Kier molecular flexibility index (Phi) is 7.95. The second-order valence-electron chi connectivity index (χ2n) is 7.86. The third-order valence-electron chi connectivity index (χ3n) is 5.25. The molecule has 1 unspecified atom stereocenters. The number of halogens is 1. The fourth-order valence-corrected chi connectivity index (χ4v) is 3.42. The van der Waals surface area contributed by atoms with Crippen molar-refractivity contribution in [3.05, 3.63) is 77.3 Å². The van der Waals surface area contributed by atoms with Crippen molar-refractivity contribution >= 4 is 39.9 Å². The van der Waals surface area contributed by atoms with Gasteiger partial charge in [-0.1, -0.05) is 23.4 Å². The molecule has 2 aromatic heterocycles. The molecule has 2 aromatic carbocycles. The summed E-state index contributed by atoms with van der Waals surface area (Å²) in [6.07, 6.45) is 2.62. The number of pyridine rings is 1. The number of ether oxygens (including phenoxy) is 2. The number of carbonyl (C=O) groups is 1. The third-order valence-corrected chi connectivity index (χ3v) is 5.54. The van der Waals surface area contributed by atoms with Crippen molar-refractivity contribution in [2.45, 2.75) is 20.0 Å². The van der Waals surface area contributed by atoms with E-state index in [2.05, 4.69) is 37.4 Å². The molecular formula is C27H24ClN5O3. The van der Waals surface area contributed by atoms with Crippen LogP contribution >= 0.6 is 11.6 Å². The van der Waals surface area contributed by atoms with Crippen molar-refractivity contribution in [3.63, 3.8) is 0 Å². The number of rotatable bonds is 7. The Morgan fingerprint density at radius 1 is 1.11 bits per heavy atom. The molecule has 4 rings (SSSR count). The van der Waals surface area contributed by atoms with Crippen LogP contribution in [0.5, 0.6) is 11.5 Å². The summed E-state index contributed by atoms with van der Waals surface area (Å²) in [5, 5.41) is 7.24. The Morgan fingerprint density at radius 3 is 2.72 bits per heavy atom. The van der Waals surface area contributed by atoms with Gasteiger partial charge in [-0.2, -0.15) is 0 Å². The molecule has 0 bridgehead atoms. The van der Waals surface area contributed by atoms with Crippen LogP contribution in [0.2, 0.25) is 5.02 Å². The summed E-state index contributed by atoms with van der Waals surface area (Å²) in [6, 6.07) is 14.7.